The van der Waals surface area contributed by atoms with Crippen LogP contribution >= 0.6 is 0 Å². The van der Waals surface area contributed by atoms with Gasteiger partial charge in [-0.2, -0.15) is 0 Å². The molecule has 0 unspecified atom stereocenters. The molecule has 0 heterocycles. The van der Waals surface area contributed by atoms with Crippen LogP contribution in [0.4, 0.5) is 0 Å². The maximum absolute atomic E-state index is 11.5. The average Bonchev–Trinajstić information content (AvgIpc) is 2.60. The maximum atomic E-state index is 11.5. The average molecular weight is 312 g/mol. The Balaban J connectivity index is 2.13. The number of hydrogen-bond donors (Lipinski definition) is 0. The molecule has 0 fully saturated rings. The van der Waals surface area contributed by atoms with E-state index in [9.17, 15) is 4.79 Å². The van der Waals surface area contributed by atoms with Crippen molar-refractivity contribution in [1.82, 2.24) is 0 Å². The minimum atomic E-state index is -0.237. The summed E-state index contributed by atoms with van der Waals surface area (Å²) in [5, 5.41) is 0. The summed E-state index contributed by atoms with van der Waals surface area (Å²) in [4.78, 5) is 11.5. The summed E-state index contributed by atoms with van der Waals surface area (Å²) in [5.74, 6) is 0.677. The molecule has 0 atom stereocenters. The monoisotopic (exact) mass is 312 g/mol. The number of rotatable bonds is 7. The molecule has 0 radical (unpaired) electrons. The van der Waals surface area contributed by atoms with Crippen LogP contribution in [0.25, 0.3) is 0 Å². The van der Waals surface area contributed by atoms with Gasteiger partial charge in [0.25, 0.3) is 0 Å². The Kier molecular flexibility index (Phi) is 6.21. The lowest BCUT2D eigenvalue weighted by Gasteiger charge is -2.14. The summed E-state index contributed by atoms with van der Waals surface area (Å²) >= 11 is 0. The molecule has 0 aliphatic carbocycles. The summed E-state index contributed by atoms with van der Waals surface area (Å²) in [6, 6.07) is 14.2. The van der Waals surface area contributed by atoms with Gasteiger partial charge in [0.05, 0.1) is 13.5 Å². The Morgan fingerprint density at radius 1 is 0.957 bits per heavy atom. The van der Waals surface area contributed by atoms with E-state index in [-0.39, 0.29) is 12.4 Å². The van der Waals surface area contributed by atoms with Crippen molar-refractivity contribution in [2.24, 2.45) is 0 Å². The third-order valence-electron chi connectivity index (χ3n) is 3.98. The van der Waals surface area contributed by atoms with Crippen LogP contribution in [0, 0.1) is 0 Å². The topological polar surface area (TPSA) is 35.5 Å². The summed E-state index contributed by atoms with van der Waals surface area (Å²) in [7, 11) is 1.41. The molecule has 0 aromatic heterocycles. The molecular weight excluding hydrogens is 288 g/mol. The number of carbonyl (C=O) groups excluding carboxylic acids is 1. The lowest BCUT2D eigenvalue weighted by Crippen LogP contribution is -2.08. The number of methoxy groups -OCH3 is 1. The molecule has 2 rings (SSSR count). The zero-order valence-corrected chi connectivity index (χ0v) is 14.1. The molecule has 0 amide bonds. The molecule has 2 aromatic rings. The molecule has 23 heavy (non-hydrogen) atoms. The second-order valence-electron chi connectivity index (χ2n) is 5.46. The first-order valence-electron chi connectivity index (χ1n) is 8.06. The normalized spacial score (nSPS) is 10.4. The standard InChI is InChI=1S/C20H24O3/c1-4-15-10-11-19(16(5-2)12-15)23-14-18-9-7-6-8-17(18)13-20(21)22-3/h6-12H,4-5,13-14H2,1-3H3. The first-order chi connectivity index (χ1) is 11.2. The lowest BCUT2D eigenvalue weighted by molar-refractivity contribution is -0.139. The van der Waals surface area contributed by atoms with Gasteiger partial charge in [-0.05, 0) is 41.2 Å². The van der Waals surface area contributed by atoms with E-state index in [0.717, 1.165) is 29.7 Å². The summed E-state index contributed by atoms with van der Waals surface area (Å²) in [6.45, 7) is 4.73. The van der Waals surface area contributed by atoms with E-state index in [4.69, 9.17) is 9.47 Å². The van der Waals surface area contributed by atoms with Crippen LogP contribution in [-0.2, 0) is 35.4 Å². The Hall–Kier alpha value is -2.29. The quantitative estimate of drug-likeness (QED) is 0.722. The third-order valence-corrected chi connectivity index (χ3v) is 3.98. The fraction of sp³-hybridized carbons (Fsp3) is 0.350. The van der Waals surface area contributed by atoms with Crippen molar-refractivity contribution in [3.8, 4) is 5.75 Å². The summed E-state index contributed by atoms with van der Waals surface area (Å²) in [6.07, 6.45) is 2.23. The SMILES string of the molecule is CCc1ccc(OCc2ccccc2CC(=O)OC)c(CC)c1. The van der Waals surface area contributed by atoms with E-state index in [1.807, 2.05) is 30.3 Å². The first-order valence-corrected chi connectivity index (χ1v) is 8.06. The van der Waals surface area contributed by atoms with Gasteiger partial charge in [0.15, 0.2) is 0 Å². The Labute approximate surface area is 138 Å². The van der Waals surface area contributed by atoms with Gasteiger partial charge < -0.3 is 9.47 Å². The van der Waals surface area contributed by atoms with Crippen LogP contribution in [0.2, 0.25) is 0 Å². The molecule has 3 nitrogen and oxygen atoms in total. The molecule has 0 aliphatic heterocycles. The van der Waals surface area contributed by atoms with Gasteiger partial charge in [-0.3, -0.25) is 4.79 Å². The number of aryl methyl sites for hydroxylation is 2. The fourth-order valence-corrected chi connectivity index (χ4v) is 2.52. The van der Waals surface area contributed by atoms with Crippen LogP contribution in [0.3, 0.4) is 0 Å². The number of carbonyl (C=O) groups is 1. The fourth-order valence-electron chi connectivity index (χ4n) is 2.52. The molecule has 0 saturated heterocycles. The molecule has 122 valence electrons. The second-order valence-corrected chi connectivity index (χ2v) is 5.46. The van der Waals surface area contributed by atoms with E-state index >= 15 is 0 Å². The highest BCUT2D eigenvalue weighted by molar-refractivity contribution is 5.72. The van der Waals surface area contributed by atoms with Crippen LogP contribution in [-0.4, -0.2) is 13.1 Å². The van der Waals surface area contributed by atoms with Crippen LogP contribution in [0.5, 0.6) is 5.75 Å². The smallest absolute Gasteiger partial charge is 0.309 e. The van der Waals surface area contributed by atoms with Gasteiger partial charge in [-0.25, -0.2) is 0 Å². The molecular formula is C20H24O3. The molecule has 0 saturated carbocycles. The minimum Gasteiger partial charge on any atom is -0.489 e. The lowest BCUT2D eigenvalue weighted by atomic mass is 10.0. The highest BCUT2D eigenvalue weighted by atomic mass is 16.5. The van der Waals surface area contributed by atoms with Crippen molar-refractivity contribution in [1.29, 1.82) is 0 Å². The van der Waals surface area contributed by atoms with Crippen LogP contribution in [0.15, 0.2) is 42.5 Å². The number of esters is 1. The van der Waals surface area contributed by atoms with Gasteiger partial charge in [-0.15, -0.1) is 0 Å². The molecule has 0 bridgehead atoms. The van der Waals surface area contributed by atoms with Gasteiger partial charge >= 0.3 is 5.97 Å². The van der Waals surface area contributed by atoms with E-state index < -0.39 is 0 Å². The van der Waals surface area contributed by atoms with E-state index in [1.54, 1.807) is 0 Å². The van der Waals surface area contributed by atoms with Gasteiger partial charge in [0, 0.05) is 0 Å². The molecule has 2 aromatic carbocycles. The number of hydrogen-bond acceptors (Lipinski definition) is 3. The summed E-state index contributed by atoms with van der Waals surface area (Å²) in [5.41, 5.74) is 4.50. The van der Waals surface area contributed by atoms with Crippen molar-refractivity contribution in [3.63, 3.8) is 0 Å². The van der Waals surface area contributed by atoms with Crippen molar-refractivity contribution >= 4 is 5.97 Å². The zero-order chi connectivity index (χ0) is 16.7. The van der Waals surface area contributed by atoms with Gasteiger partial charge in [-0.1, -0.05) is 50.2 Å². The Morgan fingerprint density at radius 3 is 2.35 bits per heavy atom. The highest BCUT2D eigenvalue weighted by Crippen LogP contribution is 2.23. The third kappa shape index (κ3) is 4.59. The number of benzene rings is 2. The van der Waals surface area contributed by atoms with Gasteiger partial charge in [0.1, 0.15) is 12.4 Å². The highest BCUT2D eigenvalue weighted by Gasteiger charge is 2.09. The Morgan fingerprint density at radius 2 is 1.70 bits per heavy atom. The molecule has 0 N–H and O–H groups in total. The molecule has 3 heteroatoms. The Bertz CT molecular complexity index is 662. The van der Waals surface area contributed by atoms with Crippen LogP contribution < -0.4 is 4.74 Å². The van der Waals surface area contributed by atoms with Crippen molar-refractivity contribution in [2.75, 3.05) is 7.11 Å². The van der Waals surface area contributed by atoms with Crippen LogP contribution in [0.1, 0.15) is 36.1 Å². The van der Waals surface area contributed by atoms with E-state index in [2.05, 4.69) is 26.0 Å². The first kappa shape index (κ1) is 17.1. The predicted octanol–water partition coefficient (Wildman–Crippen LogP) is 4.11. The van der Waals surface area contributed by atoms with Gasteiger partial charge in [0.2, 0.25) is 0 Å². The summed E-state index contributed by atoms with van der Waals surface area (Å²) < 4.78 is 10.8. The zero-order valence-electron chi connectivity index (χ0n) is 14.1. The van der Waals surface area contributed by atoms with E-state index in [0.29, 0.717) is 6.61 Å². The van der Waals surface area contributed by atoms with Crippen molar-refractivity contribution in [3.05, 3.63) is 64.7 Å². The largest absolute Gasteiger partial charge is 0.489 e. The van der Waals surface area contributed by atoms with Crippen molar-refractivity contribution < 1.29 is 14.3 Å². The predicted molar refractivity (Wildman–Crippen MR) is 91.7 cm³/mol. The second kappa shape index (κ2) is 8.37. The van der Waals surface area contributed by atoms with Crippen molar-refractivity contribution in [2.45, 2.75) is 39.7 Å². The molecule has 0 spiro atoms. The number of ether oxygens (including phenoxy) is 2. The minimum absolute atomic E-state index is 0.237. The molecule has 0 aliphatic rings. The van der Waals surface area contributed by atoms with E-state index in [1.165, 1.54) is 18.2 Å². The maximum Gasteiger partial charge on any atom is 0.309 e.